The lowest BCUT2D eigenvalue weighted by Gasteiger charge is -2.16. The van der Waals surface area contributed by atoms with Crippen molar-refractivity contribution in [2.24, 2.45) is 5.92 Å². The molecule has 4 nitrogen and oxygen atoms in total. The van der Waals surface area contributed by atoms with Gasteiger partial charge >= 0.3 is 0 Å². The van der Waals surface area contributed by atoms with Crippen molar-refractivity contribution in [3.63, 3.8) is 0 Å². The average Bonchev–Trinajstić information content (AvgIpc) is 3.02. The molecule has 26 heavy (non-hydrogen) atoms. The topological polar surface area (TPSA) is 49.4 Å². The Balaban J connectivity index is 1.55. The van der Waals surface area contributed by atoms with Crippen molar-refractivity contribution in [1.82, 2.24) is 5.32 Å². The molecule has 1 fully saturated rings. The molecule has 3 rings (SSSR count). The van der Waals surface area contributed by atoms with Gasteiger partial charge in [0.25, 0.3) is 0 Å². The highest BCUT2D eigenvalue weighted by molar-refractivity contribution is 6.30. The standard InChI is InChI=1S/C20H16ClFN2O2/c21-16-7-9-17(10-8-16)24-13-15(12-19(24)25)20(26)23-11-3-5-14-4-1-2-6-18(14)22/h1-2,4,6-10,15H,11-13H2,(H,23,26). The molecule has 0 bridgehead atoms. The molecule has 1 N–H and O–H groups in total. The van der Waals surface area contributed by atoms with Gasteiger partial charge in [-0.05, 0) is 36.4 Å². The van der Waals surface area contributed by atoms with E-state index in [1.807, 2.05) is 0 Å². The normalized spacial score (nSPS) is 16.2. The van der Waals surface area contributed by atoms with Gasteiger partial charge in [-0.15, -0.1) is 0 Å². The minimum absolute atomic E-state index is 0.0960. The molecule has 1 heterocycles. The Bertz CT molecular complexity index is 887. The first-order chi connectivity index (χ1) is 12.5. The van der Waals surface area contributed by atoms with E-state index in [0.717, 1.165) is 0 Å². The average molecular weight is 371 g/mol. The molecule has 1 atom stereocenters. The van der Waals surface area contributed by atoms with E-state index in [1.54, 1.807) is 47.4 Å². The Hall–Kier alpha value is -2.84. The Morgan fingerprint density at radius 3 is 2.69 bits per heavy atom. The van der Waals surface area contributed by atoms with Crippen molar-refractivity contribution in [3.05, 3.63) is 64.9 Å². The maximum atomic E-state index is 13.5. The second-order valence-electron chi connectivity index (χ2n) is 5.88. The summed E-state index contributed by atoms with van der Waals surface area (Å²) in [4.78, 5) is 26.0. The monoisotopic (exact) mass is 370 g/mol. The predicted molar refractivity (Wildman–Crippen MR) is 98.2 cm³/mol. The lowest BCUT2D eigenvalue weighted by atomic mass is 10.1. The fourth-order valence-electron chi connectivity index (χ4n) is 2.73. The number of hydrogen-bond acceptors (Lipinski definition) is 2. The van der Waals surface area contributed by atoms with E-state index in [4.69, 9.17) is 11.6 Å². The van der Waals surface area contributed by atoms with Crippen molar-refractivity contribution in [2.75, 3.05) is 18.0 Å². The number of carbonyl (C=O) groups is 2. The molecule has 1 unspecified atom stereocenters. The molecule has 0 saturated carbocycles. The van der Waals surface area contributed by atoms with Gasteiger partial charge in [-0.25, -0.2) is 4.39 Å². The summed E-state index contributed by atoms with van der Waals surface area (Å²) in [6, 6.07) is 13.1. The van der Waals surface area contributed by atoms with Gasteiger partial charge < -0.3 is 10.2 Å². The van der Waals surface area contributed by atoms with Gasteiger partial charge in [0.15, 0.2) is 0 Å². The summed E-state index contributed by atoms with van der Waals surface area (Å²) >= 11 is 5.85. The number of nitrogens with zero attached hydrogens (tertiary/aromatic N) is 1. The van der Waals surface area contributed by atoms with E-state index < -0.39 is 11.7 Å². The zero-order valence-electron chi connectivity index (χ0n) is 13.8. The van der Waals surface area contributed by atoms with Gasteiger partial charge in [-0.1, -0.05) is 35.6 Å². The number of halogens is 2. The maximum absolute atomic E-state index is 13.5. The molecule has 132 valence electrons. The van der Waals surface area contributed by atoms with Crippen LogP contribution in [0.3, 0.4) is 0 Å². The second kappa shape index (κ2) is 8.03. The van der Waals surface area contributed by atoms with Gasteiger partial charge in [0.05, 0.1) is 18.0 Å². The third kappa shape index (κ3) is 4.22. The number of anilines is 1. The fraction of sp³-hybridized carbons (Fsp3) is 0.200. The summed E-state index contributed by atoms with van der Waals surface area (Å²) in [5.74, 6) is 4.22. The third-order valence-electron chi connectivity index (χ3n) is 4.08. The number of carbonyl (C=O) groups excluding carboxylic acids is 2. The van der Waals surface area contributed by atoms with Crippen LogP contribution >= 0.6 is 11.6 Å². The summed E-state index contributed by atoms with van der Waals surface area (Å²) < 4.78 is 13.5. The van der Waals surface area contributed by atoms with Crippen LogP contribution in [0.4, 0.5) is 10.1 Å². The zero-order chi connectivity index (χ0) is 18.5. The van der Waals surface area contributed by atoms with E-state index >= 15 is 0 Å². The van der Waals surface area contributed by atoms with Crippen LogP contribution in [0.1, 0.15) is 12.0 Å². The lowest BCUT2D eigenvalue weighted by molar-refractivity contribution is -0.126. The van der Waals surface area contributed by atoms with Crippen LogP contribution in [0.5, 0.6) is 0 Å². The first-order valence-corrected chi connectivity index (χ1v) is 8.49. The van der Waals surface area contributed by atoms with Gasteiger partial charge in [-0.3, -0.25) is 9.59 Å². The highest BCUT2D eigenvalue weighted by Crippen LogP contribution is 2.26. The molecule has 1 aliphatic rings. The number of hydrogen-bond donors (Lipinski definition) is 1. The van der Waals surface area contributed by atoms with Crippen LogP contribution in [-0.2, 0) is 9.59 Å². The molecule has 6 heteroatoms. The Kier molecular flexibility index (Phi) is 5.55. The smallest absolute Gasteiger partial charge is 0.227 e. The van der Waals surface area contributed by atoms with Crippen LogP contribution in [0, 0.1) is 23.6 Å². The quantitative estimate of drug-likeness (QED) is 0.844. The lowest BCUT2D eigenvalue weighted by Crippen LogP contribution is -2.33. The summed E-state index contributed by atoms with van der Waals surface area (Å²) in [6.07, 6.45) is 0.148. The Morgan fingerprint density at radius 2 is 1.96 bits per heavy atom. The van der Waals surface area contributed by atoms with Crippen LogP contribution < -0.4 is 10.2 Å². The molecule has 0 radical (unpaired) electrons. The van der Waals surface area contributed by atoms with Gasteiger partial charge in [0, 0.05) is 23.7 Å². The van der Waals surface area contributed by atoms with Gasteiger partial charge in [-0.2, -0.15) is 0 Å². The number of rotatable bonds is 3. The minimum atomic E-state index is -0.437. The zero-order valence-corrected chi connectivity index (χ0v) is 14.6. The number of amides is 2. The fourth-order valence-corrected chi connectivity index (χ4v) is 2.86. The Labute approximate surface area is 156 Å². The van der Waals surface area contributed by atoms with Crippen LogP contribution in [0.15, 0.2) is 48.5 Å². The molecule has 0 aliphatic carbocycles. The van der Waals surface area contributed by atoms with E-state index in [1.165, 1.54) is 6.07 Å². The number of nitrogens with one attached hydrogen (secondary N) is 1. The van der Waals surface area contributed by atoms with E-state index in [2.05, 4.69) is 17.2 Å². The van der Waals surface area contributed by atoms with E-state index in [9.17, 15) is 14.0 Å². The molecular formula is C20H16ClFN2O2. The van der Waals surface area contributed by atoms with Crippen LogP contribution in [0.2, 0.25) is 5.02 Å². The molecule has 1 saturated heterocycles. The third-order valence-corrected chi connectivity index (χ3v) is 4.33. The highest BCUT2D eigenvalue weighted by atomic mass is 35.5. The minimum Gasteiger partial charge on any atom is -0.345 e. The second-order valence-corrected chi connectivity index (χ2v) is 6.32. The van der Waals surface area contributed by atoms with Crippen molar-refractivity contribution in [3.8, 4) is 11.8 Å². The van der Waals surface area contributed by atoms with Crippen LogP contribution in [-0.4, -0.2) is 24.9 Å². The molecule has 2 aromatic rings. The van der Waals surface area contributed by atoms with Gasteiger partial charge in [0.1, 0.15) is 5.82 Å². The molecule has 0 spiro atoms. The van der Waals surface area contributed by atoms with Crippen molar-refractivity contribution < 1.29 is 14.0 Å². The summed E-state index contributed by atoms with van der Waals surface area (Å²) in [7, 11) is 0. The Morgan fingerprint density at radius 1 is 1.23 bits per heavy atom. The first-order valence-electron chi connectivity index (χ1n) is 8.11. The van der Waals surface area contributed by atoms with E-state index in [-0.39, 0.29) is 30.3 Å². The molecule has 2 amide bonds. The SMILES string of the molecule is O=C(NCC#Cc1ccccc1F)C1CC(=O)N(c2ccc(Cl)cc2)C1. The van der Waals surface area contributed by atoms with Crippen molar-refractivity contribution >= 4 is 29.1 Å². The number of benzene rings is 2. The molecule has 0 aromatic heterocycles. The highest BCUT2D eigenvalue weighted by Gasteiger charge is 2.34. The largest absolute Gasteiger partial charge is 0.345 e. The predicted octanol–water partition coefficient (Wildman–Crippen LogP) is 3.00. The van der Waals surface area contributed by atoms with Crippen molar-refractivity contribution in [2.45, 2.75) is 6.42 Å². The summed E-state index contributed by atoms with van der Waals surface area (Å²) in [5.41, 5.74) is 1.00. The van der Waals surface area contributed by atoms with Gasteiger partial charge in [0.2, 0.25) is 11.8 Å². The van der Waals surface area contributed by atoms with Crippen LogP contribution in [0.25, 0.3) is 0 Å². The molecule has 2 aromatic carbocycles. The molecule has 1 aliphatic heterocycles. The summed E-state index contributed by atoms with van der Waals surface area (Å²) in [6.45, 7) is 0.409. The molecular weight excluding hydrogens is 355 g/mol. The summed E-state index contributed by atoms with van der Waals surface area (Å²) in [5, 5.41) is 3.27. The maximum Gasteiger partial charge on any atom is 0.227 e. The van der Waals surface area contributed by atoms with Crippen molar-refractivity contribution in [1.29, 1.82) is 0 Å². The first kappa shape index (κ1) is 18.0. The van der Waals surface area contributed by atoms with E-state index in [0.29, 0.717) is 17.3 Å².